The molecule has 176 valence electrons. The topological polar surface area (TPSA) is 105 Å². The molecule has 1 fully saturated rings. The molecule has 1 N–H and O–H groups in total. The van der Waals surface area contributed by atoms with E-state index in [4.69, 9.17) is 4.74 Å². The van der Waals surface area contributed by atoms with Crippen molar-refractivity contribution in [3.05, 3.63) is 65.5 Å². The van der Waals surface area contributed by atoms with E-state index in [1.54, 1.807) is 41.2 Å². The first-order valence-corrected chi connectivity index (χ1v) is 11.2. The first-order chi connectivity index (χ1) is 16.5. The van der Waals surface area contributed by atoms with Crippen molar-refractivity contribution in [3.63, 3.8) is 0 Å². The summed E-state index contributed by atoms with van der Waals surface area (Å²) in [5, 5.41) is 13.9. The zero-order chi connectivity index (χ0) is 23.8. The van der Waals surface area contributed by atoms with Crippen LogP contribution in [0.3, 0.4) is 0 Å². The number of methoxy groups -OCH3 is 1. The van der Waals surface area contributed by atoms with E-state index in [0.717, 1.165) is 18.5 Å². The summed E-state index contributed by atoms with van der Waals surface area (Å²) in [6.07, 6.45) is 2.81. The van der Waals surface area contributed by atoms with E-state index >= 15 is 0 Å². The van der Waals surface area contributed by atoms with E-state index in [0.29, 0.717) is 48.6 Å². The number of carboxylic acid groups (broad SMARTS) is 1. The van der Waals surface area contributed by atoms with Gasteiger partial charge in [-0.05, 0) is 67.8 Å². The molecule has 2 aromatic carbocycles. The van der Waals surface area contributed by atoms with Crippen LogP contribution >= 0.6 is 0 Å². The molecule has 35 heavy (non-hydrogen) atoms. The largest absolute Gasteiger partial charge is 1.00 e. The molecule has 2 aliphatic rings. The summed E-state index contributed by atoms with van der Waals surface area (Å²) in [6, 6.07) is 14.3. The Hall–Kier alpha value is -3.14. The van der Waals surface area contributed by atoms with Crippen molar-refractivity contribution in [2.45, 2.75) is 25.7 Å². The molecule has 2 amide bonds. The number of fused-ring (bicyclic) bond motifs is 1. The first-order valence-electron chi connectivity index (χ1n) is 11.2. The van der Waals surface area contributed by atoms with Crippen LogP contribution in [0, 0.1) is 0 Å². The SMILES string of the molecule is COc1ccc(-n2nc(C(=O)O)c3c2C(=O)N(c2ccc(N4CCCCC4=O)cc2)CC3)cc1.[H-].[Na+]. The van der Waals surface area contributed by atoms with Gasteiger partial charge in [0.05, 0.1) is 12.8 Å². The van der Waals surface area contributed by atoms with Crippen LogP contribution in [0.25, 0.3) is 5.69 Å². The van der Waals surface area contributed by atoms with Crippen molar-refractivity contribution in [2.75, 3.05) is 30.0 Å². The molecule has 1 aromatic heterocycles. The van der Waals surface area contributed by atoms with Gasteiger partial charge in [0.1, 0.15) is 11.4 Å². The third kappa shape index (κ3) is 4.59. The Balaban J connectivity index is 0.00000180. The zero-order valence-electron chi connectivity index (χ0n) is 20.7. The molecule has 5 rings (SSSR count). The van der Waals surface area contributed by atoms with Crippen molar-refractivity contribution >= 4 is 29.2 Å². The Morgan fingerprint density at radius 2 is 1.54 bits per heavy atom. The van der Waals surface area contributed by atoms with Crippen LogP contribution in [0.2, 0.25) is 0 Å². The molecule has 3 aromatic rings. The Labute approximate surface area is 226 Å². The predicted octanol–water partition coefficient (Wildman–Crippen LogP) is 0.415. The van der Waals surface area contributed by atoms with Crippen LogP contribution in [0.1, 0.15) is 47.2 Å². The van der Waals surface area contributed by atoms with E-state index in [2.05, 4.69) is 5.10 Å². The number of carboxylic acids is 1. The van der Waals surface area contributed by atoms with E-state index in [1.807, 2.05) is 24.3 Å². The number of hydrogen-bond acceptors (Lipinski definition) is 5. The third-order valence-corrected chi connectivity index (χ3v) is 6.33. The molecule has 0 saturated carbocycles. The Kier molecular flexibility index (Phi) is 7.30. The summed E-state index contributed by atoms with van der Waals surface area (Å²) in [6.45, 7) is 1.03. The Morgan fingerprint density at radius 1 is 0.914 bits per heavy atom. The van der Waals surface area contributed by atoms with E-state index in [-0.39, 0.29) is 54.2 Å². The summed E-state index contributed by atoms with van der Waals surface area (Å²) in [4.78, 5) is 41.1. The molecule has 9 nitrogen and oxygen atoms in total. The molecule has 0 bridgehead atoms. The molecular formula is C25H25N4NaO5. The van der Waals surface area contributed by atoms with Gasteiger partial charge in [-0.15, -0.1) is 0 Å². The van der Waals surface area contributed by atoms with Gasteiger partial charge in [-0.1, -0.05) is 0 Å². The van der Waals surface area contributed by atoms with Crippen molar-refractivity contribution in [2.24, 2.45) is 0 Å². The summed E-state index contributed by atoms with van der Waals surface area (Å²) in [5.41, 5.74) is 2.62. The smallest absolute Gasteiger partial charge is 1.00 e. The molecule has 0 spiro atoms. The first kappa shape index (κ1) is 25.0. The summed E-state index contributed by atoms with van der Waals surface area (Å²) in [7, 11) is 1.56. The third-order valence-electron chi connectivity index (χ3n) is 6.33. The Bertz CT molecular complexity index is 1280. The summed E-state index contributed by atoms with van der Waals surface area (Å²) >= 11 is 0. The van der Waals surface area contributed by atoms with Gasteiger partial charge in [-0.25, -0.2) is 9.48 Å². The van der Waals surface area contributed by atoms with Gasteiger partial charge < -0.3 is 21.1 Å². The average Bonchev–Trinajstić information content (AvgIpc) is 3.26. The second-order valence-electron chi connectivity index (χ2n) is 8.32. The second kappa shape index (κ2) is 10.2. The summed E-state index contributed by atoms with van der Waals surface area (Å²) in [5.74, 6) is -0.732. The van der Waals surface area contributed by atoms with Crippen LogP contribution in [-0.2, 0) is 11.2 Å². The molecule has 0 unspecified atom stereocenters. The number of benzene rings is 2. The van der Waals surface area contributed by atoms with Crippen LogP contribution in [-0.4, -0.2) is 52.9 Å². The predicted molar refractivity (Wildman–Crippen MR) is 126 cm³/mol. The van der Waals surface area contributed by atoms with Crippen LogP contribution in [0.4, 0.5) is 11.4 Å². The Morgan fingerprint density at radius 3 is 2.14 bits per heavy atom. The molecule has 2 aliphatic heterocycles. The van der Waals surface area contributed by atoms with Gasteiger partial charge in [0.25, 0.3) is 5.91 Å². The number of anilines is 2. The fourth-order valence-electron chi connectivity index (χ4n) is 4.58. The van der Waals surface area contributed by atoms with Crippen molar-refractivity contribution in [3.8, 4) is 11.4 Å². The van der Waals surface area contributed by atoms with E-state index in [1.165, 1.54) is 4.68 Å². The average molecular weight is 484 g/mol. The van der Waals surface area contributed by atoms with Crippen molar-refractivity contribution < 1.29 is 55.2 Å². The second-order valence-corrected chi connectivity index (χ2v) is 8.32. The molecule has 0 radical (unpaired) electrons. The van der Waals surface area contributed by atoms with Gasteiger partial charge >= 0.3 is 35.5 Å². The minimum Gasteiger partial charge on any atom is -1.00 e. The number of ether oxygens (including phenoxy) is 1. The fraction of sp³-hybridized carbons (Fsp3) is 0.280. The molecule has 3 heterocycles. The van der Waals surface area contributed by atoms with Crippen LogP contribution < -0.4 is 44.1 Å². The maximum absolute atomic E-state index is 13.6. The van der Waals surface area contributed by atoms with Crippen LogP contribution in [0.15, 0.2) is 48.5 Å². The molecular weight excluding hydrogens is 459 g/mol. The van der Waals surface area contributed by atoms with Gasteiger partial charge in [-0.2, -0.15) is 5.10 Å². The number of aromatic nitrogens is 2. The maximum Gasteiger partial charge on any atom is 1.00 e. The van der Waals surface area contributed by atoms with Gasteiger partial charge in [0, 0.05) is 36.4 Å². The molecule has 1 saturated heterocycles. The molecule has 0 aliphatic carbocycles. The zero-order valence-corrected chi connectivity index (χ0v) is 21.7. The van der Waals surface area contributed by atoms with E-state index in [9.17, 15) is 19.5 Å². The van der Waals surface area contributed by atoms with E-state index < -0.39 is 5.97 Å². The van der Waals surface area contributed by atoms with Gasteiger partial charge in [0.2, 0.25) is 5.91 Å². The molecule has 10 heteroatoms. The van der Waals surface area contributed by atoms with Gasteiger partial charge in [-0.3, -0.25) is 9.59 Å². The maximum atomic E-state index is 13.6. The number of amides is 2. The standard InChI is InChI=1S/C25H24N4O5.Na.H/c1-34-19-11-9-18(10-12-19)29-23-20(22(26-29)25(32)33)13-15-28(24(23)31)17-7-5-16(6-8-17)27-14-3-2-4-21(27)30;;/h5-12H,2-4,13-15H2,1H3,(H,32,33);;/q;+1;-1. The molecule has 0 atom stereocenters. The van der Waals surface area contributed by atoms with Crippen LogP contribution in [0.5, 0.6) is 5.75 Å². The number of carbonyl (C=O) groups excluding carboxylic acids is 2. The minimum absolute atomic E-state index is 0. The number of aromatic carboxylic acids is 1. The number of hydrogen-bond donors (Lipinski definition) is 1. The van der Waals surface area contributed by atoms with Gasteiger partial charge in [0.15, 0.2) is 5.69 Å². The minimum atomic E-state index is -1.17. The number of nitrogens with zero attached hydrogens (tertiary/aromatic N) is 4. The monoisotopic (exact) mass is 484 g/mol. The number of carbonyl (C=O) groups is 3. The summed E-state index contributed by atoms with van der Waals surface area (Å²) < 4.78 is 6.59. The normalized spacial score (nSPS) is 15.5. The fourth-order valence-corrected chi connectivity index (χ4v) is 4.58. The number of piperidine rings is 1. The van der Waals surface area contributed by atoms with Crippen molar-refractivity contribution in [1.29, 1.82) is 0 Å². The number of rotatable bonds is 5. The van der Waals surface area contributed by atoms with Crippen molar-refractivity contribution in [1.82, 2.24) is 9.78 Å². The quantitative estimate of drug-likeness (QED) is 0.527.